The van der Waals surface area contributed by atoms with Crippen LogP contribution >= 0.6 is 15.9 Å². The first-order valence-corrected chi connectivity index (χ1v) is 8.61. The molecule has 0 spiro atoms. The normalized spacial score (nSPS) is 11.3. The van der Waals surface area contributed by atoms with Crippen molar-refractivity contribution in [1.82, 2.24) is 0 Å². The molecular formula is C13H17BrO4S. The summed E-state index contributed by atoms with van der Waals surface area (Å²) in [5, 5.41) is 0. The highest BCUT2D eigenvalue weighted by Gasteiger charge is 2.12. The Kier molecular flexibility index (Phi) is 6.00. The second-order valence-corrected chi connectivity index (χ2v) is 7.42. The fourth-order valence-corrected chi connectivity index (χ4v) is 3.12. The van der Waals surface area contributed by atoms with Crippen LogP contribution in [-0.2, 0) is 9.84 Å². The van der Waals surface area contributed by atoms with Crippen LogP contribution in [0.3, 0.4) is 0 Å². The first kappa shape index (κ1) is 16.2. The number of rotatable bonds is 7. The Balaban J connectivity index is 2.71. The van der Waals surface area contributed by atoms with Gasteiger partial charge < -0.3 is 4.74 Å². The maximum absolute atomic E-state index is 11.5. The molecule has 0 N–H and O–H groups in total. The highest BCUT2D eigenvalue weighted by molar-refractivity contribution is 9.10. The predicted octanol–water partition coefficient (Wildman–Crippen LogP) is 2.86. The third-order valence-electron chi connectivity index (χ3n) is 2.49. The zero-order valence-corrected chi connectivity index (χ0v) is 13.4. The lowest BCUT2D eigenvalue weighted by atomic mass is 10.1. The van der Waals surface area contributed by atoms with Gasteiger partial charge in [0.15, 0.2) is 15.6 Å². The molecular weight excluding hydrogens is 332 g/mol. The van der Waals surface area contributed by atoms with Crippen molar-refractivity contribution < 1.29 is 17.9 Å². The molecule has 1 rings (SSSR count). The molecule has 0 aliphatic rings. The second-order valence-electron chi connectivity index (χ2n) is 4.20. The molecule has 19 heavy (non-hydrogen) atoms. The Hall–Kier alpha value is -0.880. The maximum atomic E-state index is 11.5. The molecule has 1 aromatic carbocycles. The fourth-order valence-electron chi connectivity index (χ4n) is 1.59. The summed E-state index contributed by atoms with van der Waals surface area (Å²) in [6, 6.07) is 5.08. The molecule has 106 valence electrons. The number of carbonyl (C=O) groups is 1. The average molecular weight is 349 g/mol. The highest BCUT2D eigenvalue weighted by atomic mass is 79.9. The Morgan fingerprint density at radius 1 is 1.32 bits per heavy atom. The van der Waals surface area contributed by atoms with Crippen molar-refractivity contribution in [2.45, 2.75) is 20.3 Å². The Morgan fingerprint density at radius 3 is 2.58 bits per heavy atom. The lowest BCUT2D eigenvalue weighted by molar-refractivity contribution is 0.101. The minimum Gasteiger partial charge on any atom is -0.492 e. The number of ether oxygens (including phenoxy) is 1. The minimum absolute atomic E-state index is 0.0335. The molecule has 0 radical (unpaired) electrons. The van der Waals surface area contributed by atoms with Crippen LogP contribution < -0.4 is 4.74 Å². The molecule has 6 heteroatoms. The van der Waals surface area contributed by atoms with Crippen LogP contribution in [0.5, 0.6) is 5.75 Å². The molecule has 1 aromatic rings. The van der Waals surface area contributed by atoms with E-state index >= 15 is 0 Å². The van der Waals surface area contributed by atoms with Gasteiger partial charge in [0.2, 0.25) is 0 Å². The van der Waals surface area contributed by atoms with Crippen molar-refractivity contribution in [3.05, 3.63) is 28.2 Å². The van der Waals surface area contributed by atoms with E-state index in [-0.39, 0.29) is 23.9 Å². The molecule has 0 atom stereocenters. The number of hydrogen-bond donors (Lipinski definition) is 0. The van der Waals surface area contributed by atoms with Gasteiger partial charge in [0, 0.05) is 4.47 Å². The smallest absolute Gasteiger partial charge is 0.163 e. The van der Waals surface area contributed by atoms with Crippen molar-refractivity contribution in [2.24, 2.45) is 0 Å². The van der Waals surface area contributed by atoms with Crippen molar-refractivity contribution in [3.8, 4) is 5.75 Å². The van der Waals surface area contributed by atoms with Gasteiger partial charge >= 0.3 is 0 Å². The van der Waals surface area contributed by atoms with Gasteiger partial charge in [0.1, 0.15) is 12.4 Å². The van der Waals surface area contributed by atoms with E-state index in [1.165, 1.54) is 6.92 Å². The van der Waals surface area contributed by atoms with E-state index in [0.717, 1.165) is 4.47 Å². The van der Waals surface area contributed by atoms with Gasteiger partial charge in [-0.05, 0) is 31.5 Å². The zero-order chi connectivity index (χ0) is 14.5. The van der Waals surface area contributed by atoms with Gasteiger partial charge in [-0.2, -0.15) is 0 Å². The van der Waals surface area contributed by atoms with Gasteiger partial charge in [-0.15, -0.1) is 0 Å². The predicted molar refractivity (Wildman–Crippen MR) is 78.6 cm³/mol. The van der Waals surface area contributed by atoms with Crippen molar-refractivity contribution in [2.75, 3.05) is 18.1 Å². The fraction of sp³-hybridized carbons (Fsp3) is 0.462. The van der Waals surface area contributed by atoms with Gasteiger partial charge in [0.05, 0.1) is 17.1 Å². The van der Waals surface area contributed by atoms with E-state index in [0.29, 0.717) is 17.7 Å². The van der Waals surface area contributed by atoms with E-state index in [1.54, 1.807) is 18.2 Å². The summed E-state index contributed by atoms with van der Waals surface area (Å²) in [6.07, 6.45) is 0.597. The van der Waals surface area contributed by atoms with Crippen LogP contribution in [0.25, 0.3) is 0 Å². The maximum Gasteiger partial charge on any atom is 0.163 e. The molecule has 0 unspecified atom stereocenters. The largest absolute Gasteiger partial charge is 0.492 e. The molecule has 0 bridgehead atoms. The van der Waals surface area contributed by atoms with E-state index in [1.807, 2.05) is 6.92 Å². The number of benzene rings is 1. The van der Waals surface area contributed by atoms with Crippen molar-refractivity contribution in [1.29, 1.82) is 0 Å². The van der Waals surface area contributed by atoms with Gasteiger partial charge in [0.25, 0.3) is 0 Å². The molecule has 0 heterocycles. The van der Waals surface area contributed by atoms with Gasteiger partial charge in [-0.3, -0.25) is 4.79 Å². The van der Waals surface area contributed by atoms with Crippen LogP contribution in [0.2, 0.25) is 0 Å². The van der Waals surface area contributed by atoms with E-state index in [4.69, 9.17) is 4.74 Å². The third kappa shape index (κ3) is 5.32. The topological polar surface area (TPSA) is 60.4 Å². The van der Waals surface area contributed by atoms with Crippen LogP contribution in [0.1, 0.15) is 30.6 Å². The Bertz CT molecular complexity index is 552. The molecule has 0 saturated heterocycles. The van der Waals surface area contributed by atoms with Crippen LogP contribution in [0.15, 0.2) is 22.7 Å². The summed E-state index contributed by atoms with van der Waals surface area (Å²) >= 11 is 3.28. The van der Waals surface area contributed by atoms with E-state index < -0.39 is 9.84 Å². The molecule has 0 aliphatic carbocycles. The second kappa shape index (κ2) is 7.05. The molecule has 0 aliphatic heterocycles. The molecule has 4 nitrogen and oxygen atoms in total. The van der Waals surface area contributed by atoms with Crippen molar-refractivity contribution >= 4 is 31.6 Å². The monoisotopic (exact) mass is 348 g/mol. The first-order chi connectivity index (χ1) is 8.85. The number of sulfone groups is 1. The summed E-state index contributed by atoms with van der Waals surface area (Å²) < 4.78 is 29.3. The first-order valence-electron chi connectivity index (χ1n) is 5.99. The number of ketones is 1. The van der Waals surface area contributed by atoms with Crippen LogP contribution in [-0.4, -0.2) is 32.3 Å². The summed E-state index contributed by atoms with van der Waals surface area (Å²) in [7, 11) is -3.06. The third-order valence-corrected chi connectivity index (χ3v) is 4.80. The van der Waals surface area contributed by atoms with Crippen molar-refractivity contribution in [3.63, 3.8) is 0 Å². The molecule has 0 saturated carbocycles. The standard InChI is InChI=1S/C13H17BrO4S/c1-3-7-19(16,17)8-6-18-13-5-4-11(14)9-12(13)10(2)15/h4-5,9H,3,6-8H2,1-2H3. The Labute approximate surface area is 122 Å². The lowest BCUT2D eigenvalue weighted by Crippen LogP contribution is -2.17. The lowest BCUT2D eigenvalue weighted by Gasteiger charge is -2.10. The van der Waals surface area contributed by atoms with E-state index in [9.17, 15) is 13.2 Å². The number of carbonyl (C=O) groups excluding carboxylic acids is 1. The van der Waals surface area contributed by atoms with Gasteiger partial charge in [-0.1, -0.05) is 22.9 Å². The minimum atomic E-state index is -3.06. The van der Waals surface area contributed by atoms with E-state index in [2.05, 4.69) is 15.9 Å². The SMILES string of the molecule is CCCS(=O)(=O)CCOc1ccc(Br)cc1C(C)=O. The average Bonchev–Trinajstić information content (AvgIpc) is 2.30. The quantitative estimate of drug-likeness (QED) is 0.711. The summed E-state index contributed by atoms with van der Waals surface area (Å²) in [6.45, 7) is 3.33. The Morgan fingerprint density at radius 2 is 2.00 bits per heavy atom. The van der Waals surface area contributed by atoms with Gasteiger partial charge in [-0.25, -0.2) is 8.42 Å². The summed E-state index contributed by atoms with van der Waals surface area (Å²) in [5.41, 5.74) is 0.447. The molecule has 0 aromatic heterocycles. The number of halogens is 1. The van der Waals surface area contributed by atoms with Crippen LogP contribution in [0, 0.1) is 0 Å². The van der Waals surface area contributed by atoms with Crippen LogP contribution in [0.4, 0.5) is 0 Å². The number of hydrogen-bond acceptors (Lipinski definition) is 4. The molecule has 0 fully saturated rings. The molecule has 0 amide bonds. The number of Topliss-reactive ketones (excluding diaryl/α,β-unsaturated/α-hetero) is 1. The summed E-state index contributed by atoms with van der Waals surface area (Å²) in [5.74, 6) is 0.431. The summed E-state index contributed by atoms with van der Waals surface area (Å²) in [4.78, 5) is 11.5. The highest BCUT2D eigenvalue weighted by Crippen LogP contribution is 2.23. The zero-order valence-electron chi connectivity index (χ0n) is 11.0.